The van der Waals surface area contributed by atoms with Gasteiger partial charge in [0, 0.05) is 37.3 Å². The van der Waals surface area contributed by atoms with Crippen LogP contribution in [0.1, 0.15) is 50.6 Å². The molecule has 0 bridgehead atoms. The third kappa shape index (κ3) is 4.20. The Balaban J connectivity index is 1.36. The molecule has 3 N–H and O–H groups in total. The molecule has 1 aromatic carbocycles. The molecule has 1 saturated carbocycles. The van der Waals surface area contributed by atoms with E-state index >= 15 is 0 Å². The van der Waals surface area contributed by atoms with Crippen molar-refractivity contribution in [2.45, 2.75) is 50.6 Å². The van der Waals surface area contributed by atoms with Gasteiger partial charge in [-0.3, -0.25) is 4.79 Å². The summed E-state index contributed by atoms with van der Waals surface area (Å²) in [5.74, 6) is 0.486. The fourth-order valence-corrected chi connectivity index (χ4v) is 4.99. The molecule has 1 amide bonds. The Kier molecular flexibility index (Phi) is 5.53. The molecule has 148 valence electrons. The van der Waals surface area contributed by atoms with Crippen LogP contribution in [0.15, 0.2) is 30.3 Å². The molecular weight excluding hydrogens is 338 g/mol. The van der Waals surface area contributed by atoms with Crippen LogP contribution in [0, 0.1) is 11.3 Å². The summed E-state index contributed by atoms with van der Waals surface area (Å²) in [4.78, 5) is 12.8. The van der Waals surface area contributed by atoms with Crippen molar-refractivity contribution >= 4 is 5.91 Å². The Hall–Kier alpha value is -1.43. The topological polar surface area (TPSA) is 62.4 Å². The van der Waals surface area contributed by atoms with E-state index in [0.29, 0.717) is 12.0 Å². The van der Waals surface area contributed by atoms with E-state index in [2.05, 4.69) is 47.1 Å². The highest BCUT2D eigenvalue weighted by Crippen LogP contribution is 2.58. The molecule has 4 rings (SSSR count). The predicted molar refractivity (Wildman–Crippen MR) is 106 cm³/mol. The van der Waals surface area contributed by atoms with Crippen molar-refractivity contribution in [1.29, 1.82) is 0 Å². The molecule has 0 radical (unpaired) electrons. The standard InChI is InChI=1S/C22H33N3O2/c1-17(18-5-3-2-4-6-18)25-22(9-13-27-14-10-22)16-24-20(26)19-15-21(19)7-11-23-12-8-21/h2-6,17,19,23,25H,7-16H2,1H3,(H,24,26). The number of rotatable bonds is 6. The number of ether oxygens (including phenoxy) is 1. The summed E-state index contributed by atoms with van der Waals surface area (Å²) < 4.78 is 5.61. The van der Waals surface area contributed by atoms with E-state index in [9.17, 15) is 4.79 Å². The molecule has 1 aliphatic carbocycles. The van der Waals surface area contributed by atoms with Gasteiger partial charge >= 0.3 is 0 Å². The van der Waals surface area contributed by atoms with Gasteiger partial charge in [0.05, 0.1) is 0 Å². The molecule has 5 nitrogen and oxygen atoms in total. The Morgan fingerprint density at radius 3 is 2.59 bits per heavy atom. The SMILES string of the molecule is CC(NC1(CNC(=O)C2CC23CCNCC3)CCOCC1)c1ccccc1. The van der Waals surface area contributed by atoms with Gasteiger partial charge in [-0.05, 0) is 63.1 Å². The van der Waals surface area contributed by atoms with Crippen molar-refractivity contribution in [3.05, 3.63) is 35.9 Å². The fraction of sp³-hybridized carbons (Fsp3) is 0.682. The van der Waals surface area contributed by atoms with Crippen LogP contribution in [0.25, 0.3) is 0 Å². The van der Waals surface area contributed by atoms with Crippen LogP contribution in [-0.4, -0.2) is 44.3 Å². The summed E-state index contributed by atoms with van der Waals surface area (Å²) in [6.45, 7) is 6.52. The third-order valence-electron chi connectivity index (χ3n) is 6.98. The lowest BCUT2D eigenvalue weighted by Gasteiger charge is -2.40. The molecule has 1 spiro atoms. The third-order valence-corrected chi connectivity index (χ3v) is 6.98. The fourth-order valence-electron chi connectivity index (χ4n) is 4.99. The van der Waals surface area contributed by atoms with Crippen LogP contribution >= 0.6 is 0 Å². The maximum Gasteiger partial charge on any atom is 0.223 e. The van der Waals surface area contributed by atoms with Gasteiger partial charge < -0.3 is 20.7 Å². The molecule has 27 heavy (non-hydrogen) atoms. The average Bonchev–Trinajstić information content (AvgIpc) is 3.41. The van der Waals surface area contributed by atoms with E-state index in [4.69, 9.17) is 4.74 Å². The van der Waals surface area contributed by atoms with Gasteiger partial charge in [-0.25, -0.2) is 0 Å². The highest BCUT2D eigenvalue weighted by atomic mass is 16.5. The molecule has 1 aromatic rings. The van der Waals surface area contributed by atoms with Crippen LogP contribution in [0.3, 0.4) is 0 Å². The maximum absolute atomic E-state index is 12.8. The largest absolute Gasteiger partial charge is 0.381 e. The van der Waals surface area contributed by atoms with Crippen LogP contribution in [0.2, 0.25) is 0 Å². The molecule has 3 fully saturated rings. The lowest BCUT2D eigenvalue weighted by Crippen LogP contribution is -2.57. The molecule has 2 atom stereocenters. The van der Waals surface area contributed by atoms with Crippen LogP contribution in [0.5, 0.6) is 0 Å². The zero-order chi connectivity index (χ0) is 18.7. The van der Waals surface area contributed by atoms with Crippen molar-refractivity contribution < 1.29 is 9.53 Å². The second-order valence-electron chi connectivity index (χ2n) is 8.76. The van der Waals surface area contributed by atoms with E-state index in [-0.39, 0.29) is 23.4 Å². The monoisotopic (exact) mass is 371 g/mol. The molecule has 2 aliphatic heterocycles. The summed E-state index contributed by atoms with van der Waals surface area (Å²) in [5, 5.41) is 10.5. The van der Waals surface area contributed by atoms with Gasteiger partial charge in [0.1, 0.15) is 0 Å². The van der Waals surface area contributed by atoms with Gasteiger partial charge in [0.15, 0.2) is 0 Å². The minimum atomic E-state index is -0.0840. The van der Waals surface area contributed by atoms with Crippen molar-refractivity contribution in [1.82, 2.24) is 16.0 Å². The van der Waals surface area contributed by atoms with Crippen molar-refractivity contribution in [2.75, 3.05) is 32.8 Å². The first-order valence-electron chi connectivity index (χ1n) is 10.5. The van der Waals surface area contributed by atoms with Gasteiger partial charge in [0.25, 0.3) is 0 Å². The summed E-state index contributed by atoms with van der Waals surface area (Å²) in [7, 11) is 0. The first kappa shape index (κ1) is 18.9. The number of piperidine rings is 1. The molecule has 5 heteroatoms. The Morgan fingerprint density at radius 1 is 1.19 bits per heavy atom. The minimum Gasteiger partial charge on any atom is -0.381 e. The quantitative estimate of drug-likeness (QED) is 0.719. The highest BCUT2D eigenvalue weighted by Gasteiger charge is 2.57. The minimum absolute atomic E-state index is 0.0840. The molecule has 2 saturated heterocycles. The van der Waals surface area contributed by atoms with Gasteiger partial charge in [-0.15, -0.1) is 0 Å². The highest BCUT2D eigenvalue weighted by molar-refractivity contribution is 5.82. The molecule has 2 heterocycles. The smallest absolute Gasteiger partial charge is 0.223 e. The first-order valence-corrected chi connectivity index (χ1v) is 10.5. The van der Waals surface area contributed by atoms with Gasteiger partial charge in [-0.2, -0.15) is 0 Å². The number of hydrogen-bond acceptors (Lipinski definition) is 4. The zero-order valence-electron chi connectivity index (χ0n) is 16.4. The second-order valence-corrected chi connectivity index (χ2v) is 8.76. The van der Waals surface area contributed by atoms with Crippen LogP contribution in [-0.2, 0) is 9.53 Å². The van der Waals surface area contributed by atoms with Crippen molar-refractivity contribution in [3.63, 3.8) is 0 Å². The molecular formula is C22H33N3O2. The Morgan fingerprint density at radius 2 is 1.89 bits per heavy atom. The number of nitrogens with one attached hydrogen (secondary N) is 3. The predicted octanol–water partition coefficient (Wildman–Crippen LogP) is 2.39. The van der Waals surface area contributed by atoms with E-state index in [0.717, 1.165) is 58.4 Å². The molecule has 3 aliphatic rings. The van der Waals surface area contributed by atoms with E-state index in [1.165, 1.54) is 5.56 Å². The van der Waals surface area contributed by atoms with Crippen molar-refractivity contribution in [2.24, 2.45) is 11.3 Å². The number of hydrogen-bond donors (Lipinski definition) is 3. The van der Waals surface area contributed by atoms with Gasteiger partial charge in [-0.1, -0.05) is 30.3 Å². The first-order chi connectivity index (χ1) is 13.1. The van der Waals surface area contributed by atoms with E-state index in [1.807, 2.05) is 6.07 Å². The van der Waals surface area contributed by atoms with Crippen LogP contribution in [0.4, 0.5) is 0 Å². The number of carbonyl (C=O) groups excluding carboxylic acids is 1. The number of carbonyl (C=O) groups is 1. The van der Waals surface area contributed by atoms with Crippen LogP contribution < -0.4 is 16.0 Å². The second kappa shape index (κ2) is 7.90. The van der Waals surface area contributed by atoms with Gasteiger partial charge in [0.2, 0.25) is 5.91 Å². The summed E-state index contributed by atoms with van der Waals surface area (Å²) in [5.41, 5.74) is 1.49. The summed E-state index contributed by atoms with van der Waals surface area (Å²) >= 11 is 0. The Labute approximate surface area is 162 Å². The Bertz CT molecular complexity index is 636. The average molecular weight is 372 g/mol. The molecule has 2 unspecified atom stereocenters. The summed E-state index contributed by atoms with van der Waals surface area (Å²) in [6, 6.07) is 10.8. The van der Waals surface area contributed by atoms with E-state index in [1.54, 1.807) is 0 Å². The van der Waals surface area contributed by atoms with Crippen molar-refractivity contribution in [3.8, 4) is 0 Å². The zero-order valence-corrected chi connectivity index (χ0v) is 16.4. The summed E-state index contributed by atoms with van der Waals surface area (Å²) in [6.07, 6.45) is 5.24. The lowest BCUT2D eigenvalue weighted by molar-refractivity contribution is -0.124. The number of benzene rings is 1. The van der Waals surface area contributed by atoms with E-state index < -0.39 is 0 Å². The number of amides is 1. The maximum atomic E-state index is 12.8. The molecule has 0 aromatic heterocycles. The lowest BCUT2D eigenvalue weighted by atomic mass is 9.87. The normalized spacial score (nSPS) is 27.1.